The van der Waals surface area contributed by atoms with Crippen molar-refractivity contribution >= 4 is 23.5 Å². The minimum absolute atomic E-state index is 0.169. The van der Waals surface area contributed by atoms with E-state index >= 15 is 0 Å². The number of hydrogen-bond acceptors (Lipinski definition) is 4. The monoisotopic (exact) mass is 191 g/mol. The third-order valence-electron chi connectivity index (χ3n) is 1.74. The molecule has 0 aliphatic heterocycles. The number of fused-ring (bicyclic) bond motifs is 1. The zero-order valence-corrected chi connectivity index (χ0v) is 6.91. The predicted octanol–water partition coefficient (Wildman–Crippen LogP) is 0.770. The zero-order valence-electron chi connectivity index (χ0n) is 6.91. The van der Waals surface area contributed by atoms with Gasteiger partial charge < -0.3 is 5.11 Å². The quantitative estimate of drug-likeness (QED) is 0.673. The number of pyridine rings is 1. The van der Waals surface area contributed by atoms with E-state index in [9.17, 15) is 9.59 Å². The van der Waals surface area contributed by atoms with Gasteiger partial charge >= 0.3 is 6.09 Å². The molecule has 2 heterocycles. The SMILES string of the molecule is O=Cc1ccc2ncn(C(=O)O)c2n1. The highest BCUT2D eigenvalue weighted by molar-refractivity contribution is 5.85. The van der Waals surface area contributed by atoms with Gasteiger partial charge in [0.15, 0.2) is 11.9 Å². The number of imidazole rings is 1. The molecule has 6 nitrogen and oxygen atoms in total. The van der Waals surface area contributed by atoms with Gasteiger partial charge in [-0.2, -0.15) is 0 Å². The maximum absolute atomic E-state index is 10.7. The van der Waals surface area contributed by atoms with Gasteiger partial charge in [-0.25, -0.2) is 19.3 Å². The first-order chi connectivity index (χ1) is 6.72. The van der Waals surface area contributed by atoms with Crippen LogP contribution in [0.15, 0.2) is 18.5 Å². The van der Waals surface area contributed by atoms with Crippen LogP contribution in [-0.4, -0.2) is 32.0 Å². The Morgan fingerprint density at radius 1 is 1.50 bits per heavy atom. The highest BCUT2D eigenvalue weighted by atomic mass is 16.4. The molecular formula is C8H5N3O3. The molecule has 0 atom stereocenters. The first-order valence-corrected chi connectivity index (χ1v) is 3.75. The van der Waals surface area contributed by atoms with Crippen molar-refractivity contribution in [3.8, 4) is 0 Å². The lowest BCUT2D eigenvalue weighted by molar-refractivity contribution is 0.111. The van der Waals surface area contributed by atoms with Crippen LogP contribution in [0.2, 0.25) is 0 Å². The van der Waals surface area contributed by atoms with Crippen LogP contribution in [0.1, 0.15) is 10.5 Å². The molecule has 0 aliphatic carbocycles. The van der Waals surface area contributed by atoms with Gasteiger partial charge in [-0.1, -0.05) is 0 Å². The van der Waals surface area contributed by atoms with E-state index in [2.05, 4.69) is 9.97 Å². The Labute approximate surface area is 77.8 Å². The van der Waals surface area contributed by atoms with Crippen LogP contribution in [0.25, 0.3) is 11.2 Å². The van der Waals surface area contributed by atoms with E-state index in [1.165, 1.54) is 6.07 Å². The number of carboxylic acid groups (broad SMARTS) is 1. The van der Waals surface area contributed by atoms with E-state index in [1.54, 1.807) is 6.07 Å². The van der Waals surface area contributed by atoms with E-state index in [-0.39, 0.29) is 11.3 Å². The molecule has 0 bridgehead atoms. The summed E-state index contributed by atoms with van der Waals surface area (Å²) in [6, 6.07) is 3.03. The lowest BCUT2D eigenvalue weighted by atomic mass is 10.3. The molecule has 0 radical (unpaired) electrons. The fraction of sp³-hybridized carbons (Fsp3) is 0. The molecule has 1 N–H and O–H groups in total. The summed E-state index contributed by atoms with van der Waals surface area (Å²) >= 11 is 0. The van der Waals surface area contributed by atoms with E-state index < -0.39 is 6.09 Å². The molecule has 2 rings (SSSR count). The van der Waals surface area contributed by atoms with Crippen molar-refractivity contribution in [3.05, 3.63) is 24.2 Å². The number of aromatic nitrogens is 3. The van der Waals surface area contributed by atoms with E-state index in [1.807, 2.05) is 0 Å². The summed E-state index contributed by atoms with van der Waals surface area (Å²) in [7, 11) is 0. The summed E-state index contributed by atoms with van der Waals surface area (Å²) in [4.78, 5) is 28.7. The summed E-state index contributed by atoms with van der Waals surface area (Å²) in [5, 5.41) is 8.73. The van der Waals surface area contributed by atoms with Gasteiger partial charge in [0.25, 0.3) is 0 Å². The third kappa shape index (κ3) is 1.13. The van der Waals surface area contributed by atoms with Crippen LogP contribution in [0.4, 0.5) is 4.79 Å². The average Bonchev–Trinajstić information content (AvgIpc) is 2.59. The van der Waals surface area contributed by atoms with Gasteiger partial charge in [0, 0.05) is 0 Å². The molecule has 0 fully saturated rings. The van der Waals surface area contributed by atoms with Gasteiger partial charge in [0.2, 0.25) is 0 Å². The molecule has 0 aliphatic rings. The number of carbonyl (C=O) groups excluding carboxylic acids is 1. The second-order valence-electron chi connectivity index (χ2n) is 2.59. The van der Waals surface area contributed by atoms with Gasteiger partial charge in [-0.05, 0) is 12.1 Å². The first kappa shape index (κ1) is 8.36. The minimum atomic E-state index is -1.18. The fourth-order valence-corrected chi connectivity index (χ4v) is 1.11. The lowest BCUT2D eigenvalue weighted by Crippen LogP contribution is -2.07. The van der Waals surface area contributed by atoms with Crippen LogP contribution < -0.4 is 0 Å². The van der Waals surface area contributed by atoms with Crippen molar-refractivity contribution in [2.45, 2.75) is 0 Å². The number of carbonyl (C=O) groups is 2. The Morgan fingerprint density at radius 3 is 2.93 bits per heavy atom. The van der Waals surface area contributed by atoms with Crippen molar-refractivity contribution in [2.24, 2.45) is 0 Å². The zero-order chi connectivity index (χ0) is 10.1. The maximum Gasteiger partial charge on any atom is 0.418 e. The molecule has 2 aromatic heterocycles. The van der Waals surface area contributed by atoms with Crippen LogP contribution in [-0.2, 0) is 0 Å². The molecule has 2 aromatic rings. The molecule has 0 spiro atoms. The molecular weight excluding hydrogens is 186 g/mol. The molecule has 0 amide bonds. The first-order valence-electron chi connectivity index (χ1n) is 3.75. The van der Waals surface area contributed by atoms with Crippen LogP contribution in [0.3, 0.4) is 0 Å². The van der Waals surface area contributed by atoms with Crippen LogP contribution >= 0.6 is 0 Å². The smallest absolute Gasteiger partial charge is 0.418 e. The highest BCUT2D eigenvalue weighted by Gasteiger charge is 2.09. The summed E-state index contributed by atoms with van der Waals surface area (Å²) in [6.07, 6.45) is 0.524. The minimum Gasteiger partial charge on any atom is -0.464 e. The Kier molecular flexibility index (Phi) is 1.74. The average molecular weight is 191 g/mol. The number of hydrogen-bond donors (Lipinski definition) is 1. The molecule has 14 heavy (non-hydrogen) atoms. The van der Waals surface area contributed by atoms with E-state index in [0.717, 1.165) is 10.9 Å². The fourth-order valence-electron chi connectivity index (χ4n) is 1.11. The maximum atomic E-state index is 10.7. The highest BCUT2D eigenvalue weighted by Crippen LogP contribution is 2.09. The number of rotatable bonds is 1. The Hall–Kier alpha value is -2.24. The normalized spacial score (nSPS) is 10.3. The van der Waals surface area contributed by atoms with Gasteiger partial charge in [-0.3, -0.25) is 4.79 Å². The van der Waals surface area contributed by atoms with Crippen molar-refractivity contribution in [2.75, 3.05) is 0 Å². The lowest BCUT2D eigenvalue weighted by Gasteiger charge is -1.94. The topological polar surface area (TPSA) is 85.1 Å². The summed E-state index contributed by atoms with van der Waals surface area (Å²) in [5.41, 5.74) is 0.792. The second-order valence-corrected chi connectivity index (χ2v) is 2.59. The standard InChI is InChI=1S/C8H5N3O3/c12-3-5-1-2-6-7(10-5)11(4-9-6)8(13)14/h1-4H,(H,13,14). The van der Waals surface area contributed by atoms with E-state index in [4.69, 9.17) is 5.11 Å². The second kappa shape index (κ2) is 2.91. The molecule has 0 aromatic carbocycles. The molecule has 0 unspecified atom stereocenters. The predicted molar refractivity (Wildman–Crippen MR) is 46.3 cm³/mol. The van der Waals surface area contributed by atoms with Crippen LogP contribution in [0, 0.1) is 0 Å². The molecule has 70 valence electrons. The Balaban J connectivity index is 2.75. The summed E-state index contributed by atoms with van der Waals surface area (Å²) < 4.78 is 0.863. The molecule has 0 saturated heterocycles. The van der Waals surface area contributed by atoms with Crippen molar-refractivity contribution < 1.29 is 14.7 Å². The van der Waals surface area contributed by atoms with E-state index in [0.29, 0.717) is 11.8 Å². The molecule has 6 heteroatoms. The third-order valence-corrected chi connectivity index (χ3v) is 1.74. The molecule has 0 saturated carbocycles. The van der Waals surface area contributed by atoms with Crippen LogP contribution in [0.5, 0.6) is 0 Å². The van der Waals surface area contributed by atoms with Crippen molar-refractivity contribution in [1.82, 2.24) is 14.5 Å². The van der Waals surface area contributed by atoms with Gasteiger partial charge in [-0.15, -0.1) is 0 Å². The number of aldehydes is 1. The van der Waals surface area contributed by atoms with Gasteiger partial charge in [0.05, 0.1) is 0 Å². The van der Waals surface area contributed by atoms with Gasteiger partial charge in [0.1, 0.15) is 17.5 Å². The summed E-state index contributed by atoms with van der Waals surface area (Å²) in [5.74, 6) is 0. The summed E-state index contributed by atoms with van der Waals surface area (Å²) in [6.45, 7) is 0. The largest absolute Gasteiger partial charge is 0.464 e. The Morgan fingerprint density at radius 2 is 2.29 bits per heavy atom. The Bertz CT molecular complexity index is 518. The number of nitrogens with zero attached hydrogens (tertiary/aromatic N) is 3. The van der Waals surface area contributed by atoms with Crippen molar-refractivity contribution in [3.63, 3.8) is 0 Å². The van der Waals surface area contributed by atoms with Crippen molar-refractivity contribution in [1.29, 1.82) is 0 Å².